The fourth-order valence-electron chi connectivity index (χ4n) is 1.63. The lowest BCUT2D eigenvalue weighted by Gasteiger charge is -2.03. The maximum absolute atomic E-state index is 11.6. The molecule has 0 spiro atoms. The molecule has 21 heavy (non-hydrogen) atoms. The van der Waals surface area contributed by atoms with Crippen LogP contribution in [0, 0.1) is 0 Å². The third-order valence-corrected chi connectivity index (χ3v) is 4.36. The second-order valence-corrected chi connectivity index (χ2v) is 6.08. The van der Waals surface area contributed by atoms with E-state index in [0.717, 1.165) is 9.75 Å². The summed E-state index contributed by atoms with van der Waals surface area (Å²) in [4.78, 5) is 17.9. The molecule has 0 bridgehead atoms. The van der Waals surface area contributed by atoms with Gasteiger partial charge >= 0.3 is 6.03 Å². The molecule has 0 unspecified atom stereocenters. The van der Waals surface area contributed by atoms with Gasteiger partial charge in [0.2, 0.25) is 11.7 Å². The molecule has 0 saturated heterocycles. The summed E-state index contributed by atoms with van der Waals surface area (Å²) in [6.45, 7) is 0.711. The third-order valence-electron chi connectivity index (χ3n) is 2.61. The van der Waals surface area contributed by atoms with E-state index >= 15 is 0 Å². The number of thiophene rings is 2. The average molecular weight is 320 g/mol. The Morgan fingerprint density at radius 1 is 1.14 bits per heavy atom. The van der Waals surface area contributed by atoms with Gasteiger partial charge in [-0.25, -0.2) is 4.79 Å². The topological polar surface area (TPSA) is 80.1 Å². The van der Waals surface area contributed by atoms with Crippen LogP contribution in [-0.4, -0.2) is 16.2 Å². The van der Waals surface area contributed by atoms with Crippen LogP contribution in [0.1, 0.15) is 10.8 Å². The zero-order chi connectivity index (χ0) is 14.5. The van der Waals surface area contributed by atoms with E-state index in [-0.39, 0.29) is 12.6 Å². The van der Waals surface area contributed by atoms with Crippen molar-refractivity contribution in [1.29, 1.82) is 0 Å². The number of nitrogens with one attached hydrogen (secondary N) is 2. The van der Waals surface area contributed by atoms with E-state index in [1.807, 2.05) is 35.0 Å². The maximum atomic E-state index is 11.6. The van der Waals surface area contributed by atoms with Gasteiger partial charge in [0.05, 0.1) is 18.0 Å². The molecule has 0 aromatic carbocycles. The predicted molar refractivity (Wildman–Crippen MR) is 81.0 cm³/mol. The number of hydrogen-bond acceptors (Lipinski definition) is 6. The Morgan fingerprint density at radius 2 is 1.95 bits per heavy atom. The van der Waals surface area contributed by atoms with E-state index in [9.17, 15) is 4.79 Å². The highest BCUT2D eigenvalue weighted by Gasteiger charge is 2.10. The van der Waals surface area contributed by atoms with Crippen molar-refractivity contribution in [2.24, 2.45) is 0 Å². The zero-order valence-electron chi connectivity index (χ0n) is 10.9. The van der Waals surface area contributed by atoms with Gasteiger partial charge in [0.25, 0.3) is 0 Å². The van der Waals surface area contributed by atoms with Crippen LogP contribution in [0.3, 0.4) is 0 Å². The lowest BCUT2D eigenvalue weighted by molar-refractivity contribution is 0.238. The zero-order valence-corrected chi connectivity index (χ0v) is 12.5. The molecule has 0 saturated carbocycles. The molecule has 3 rings (SSSR count). The number of rotatable bonds is 5. The Bertz CT molecular complexity index is 692. The molecular formula is C13H12N4O2S2. The minimum Gasteiger partial charge on any atom is -0.337 e. The van der Waals surface area contributed by atoms with Gasteiger partial charge in [-0.05, 0) is 22.9 Å². The minimum atomic E-state index is -0.265. The molecule has 3 heterocycles. The van der Waals surface area contributed by atoms with Gasteiger partial charge in [0.1, 0.15) is 0 Å². The minimum absolute atomic E-state index is 0.203. The molecule has 0 atom stereocenters. The van der Waals surface area contributed by atoms with Crippen LogP contribution in [0.4, 0.5) is 4.79 Å². The van der Waals surface area contributed by atoms with E-state index in [0.29, 0.717) is 18.3 Å². The predicted octanol–water partition coefficient (Wildman–Crippen LogP) is 2.86. The number of hydrogen-bond donors (Lipinski definition) is 2. The van der Waals surface area contributed by atoms with Gasteiger partial charge < -0.3 is 15.2 Å². The number of amides is 2. The second kappa shape index (κ2) is 6.51. The monoisotopic (exact) mass is 320 g/mol. The van der Waals surface area contributed by atoms with Crippen molar-refractivity contribution >= 4 is 28.7 Å². The summed E-state index contributed by atoms with van der Waals surface area (Å²) < 4.78 is 5.09. The first-order valence-electron chi connectivity index (χ1n) is 6.22. The van der Waals surface area contributed by atoms with Crippen molar-refractivity contribution in [1.82, 2.24) is 20.8 Å². The molecule has 0 fully saturated rings. The number of nitrogens with zero attached hydrogens (tertiary/aromatic N) is 2. The Hall–Kier alpha value is -2.19. The summed E-state index contributed by atoms with van der Waals surface area (Å²) in [5, 5.41) is 13.2. The summed E-state index contributed by atoms with van der Waals surface area (Å²) in [5.41, 5.74) is 0. The highest BCUT2D eigenvalue weighted by molar-refractivity contribution is 7.13. The molecule has 0 radical (unpaired) electrons. The highest BCUT2D eigenvalue weighted by Crippen LogP contribution is 2.21. The summed E-state index contributed by atoms with van der Waals surface area (Å²) >= 11 is 3.14. The summed E-state index contributed by atoms with van der Waals surface area (Å²) in [6, 6.07) is 7.49. The fourth-order valence-corrected chi connectivity index (χ4v) is 2.93. The van der Waals surface area contributed by atoms with Crippen LogP contribution in [-0.2, 0) is 13.1 Å². The lowest BCUT2D eigenvalue weighted by atomic mass is 10.4. The molecule has 0 aliphatic rings. The first-order valence-corrected chi connectivity index (χ1v) is 7.98. The van der Waals surface area contributed by atoms with Crippen LogP contribution in [0.5, 0.6) is 0 Å². The van der Waals surface area contributed by atoms with Gasteiger partial charge in [0.15, 0.2) is 0 Å². The smallest absolute Gasteiger partial charge is 0.315 e. The van der Waals surface area contributed by atoms with Gasteiger partial charge in [-0.1, -0.05) is 17.3 Å². The number of carbonyl (C=O) groups excluding carboxylic acids is 1. The van der Waals surface area contributed by atoms with Crippen LogP contribution >= 0.6 is 22.7 Å². The lowest BCUT2D eigenvalue weighted by Crippen LogP contribution is -2.34. The summed E-state index contributed by atoms with van der Waals surface area (Å²) in [5.74, 6) is 0.922. The normalized spacial score (nSPS) is 10.5. The largest absolute Gasteiger partial charge is 0.337 e. The Kier molecular flexibility index (Phi) is 4.27. The molecule has 108 valence electrons. The molecule has 0 aliphatic heterocycles. The highest BCUT2D eigenvalue weighted by atomic mass is 32.1. The van der Waals surface area contributed by atoms with E-state index in [2.05, 4.69) is 20.8 Å². The maximum Gasteiger partial charge on any atom is 0.315 e. The van der Waals surface area contributed by atoms with Crippen molar-refractivity contribution in [3.05, 3.63) is 45.8 Å². The van der Waals surface area contributed by atoms with Gasteiger partial charge in [-0.15, -0.1) is 22.7 Å². The molecule has 2 N–H and O–H groups in total. The van der Waals surface area contributed by atoms with Crippen molar-refractivity contribution in [2.45, 2.75) is 13.1 Å². The molecule has 8 heteroatoms. The summed E-state index contributed by atoms with van der Waals surface area (Å²) in [6.07, 6.45) is 0. The van der Waals surface area contributed by atoms with Crippen molar-refractivity contribution in [3.8, 4) is 10.7 Å². The average Bonchev–Trinajstić information content (AvgIpc) is 3.24. The quantitative estimate of drug-likeness (QED) is 0.757. The standard InChI is InChI=1S/C13H12N4O2S2/c18-13(14-7-9-3-1-5-20-9)15-8-11-16-12(17-19-11)10-4-2-6-21-10/h1-6H,7-8H2,(H2,14,15,18). The third kappa shape index (κ3) is 3.67. The SMILES string of the molecule is O=C(NCc1nc(-c2cccs2)no1)NCc1cccs1. The van der Waals surface area contributed by atoms with Crippen LogP contribution < -0.4 is 10.6 Å². The Labute approximate surface area is 128 Å². The summed E-state index contributed by atoms with van der Waals surface area (Å²) in [7, 11) is 0. The van der Waals surface area contributed by atoms with Crippen LogP contribution in [0.2, 0.25) is 0 Å². The van der Waals surface area contributed by atoms with E-state index in [1.54, 1.807) is 11.3 Å². The van der Waals surface area contributed by atoms with Crippen molar-refractivity contribution in [3.63, 3.8) is 0 Å². The van der Waals surface area contributed by atoms with Crippen LogP contribution in [0.15, 0.2) is 39.5 Å². The molecule has 3 aromatic heterocycles. The van der Waals surface area contributed by atoms with E-state index in [1.165, 1.54) is 11.3 Å². The van der Waals surface area contributed by atoms with E-state index in [4.69, 9.17) is 4.52 Å². The van der Waals surface area contributed by atoms with Crippen molar-refractivity contribution in [2.75, 3.05) is 0 Å². The van der Waals surface area contributed by atoms with E-state index < -0.39 is 0 Å². The van der Waals surface area contributed by atoms with Crippen molar-refractivity contribution < 1.29 is 9.32 Å². The Morgan fingerprint density at radius 3 is 2.71 bits per heavy atom. The molecule has 0 aliphatic carbocycles. The Balaban J connectivity index is 1.47. The fraction of sp³-hybridized carbons (Fsp3) is 0.154. The van der Waals surface area contributed by atoms with Gasteiger partial charge in [0, 0.05) is 4.88 Å². The van der Waals surface area contributed by atoms with Crippen LogP contribution in [0.25, 0.3) is 10.7 Å². The number of carbonyl (C=O) groups is 1. The van der Waals surface area contributed by atoms with Gasteiger partial charge in [-0.3, -0.25) is 0 Å². The number of aromatic nitrogens is 2. The first kappa shape index (κ1) is 13.8. The molecule has 2 amide bonds. The molecule has 6 nitrogen and oxygen atoms in total. The molecule has 3 aromatic rings. The second-order valence-electron chi connectivity index (χ2n) is 4.10. The number of urea groups is 1. The van der Waals surface area contributed by atoms with Gasteiger partial charge in [-0.2, -0.15) is 4.98 Å². The molecular weight excluding hydrogens is 308 g/mol. The first-order chi connectivity index (χ1) is 10.3.